The maximum Gasteiger partial charge on any atom is 0.333 e. The van der Waals surface area contributed by atoms with E-state index in [2.05, 4.69) is 13.5 Å². The molecule has 0 saturated heterocycles. The number of rotatable bonds is 3. The average molecular weight is 274 g/mol. The van der Waals surface area contributed by atoms with Crippen molar-refractivity contribution in [1.29, 1.82) is 0 Å². The van der Waals surface area contributed by atoms with E-state index in [0.717, 1.165) is 42.4 Å². The van der Waals surface area contributed by atoms with Crippen molar-refractivity contribution in [3.05, 3.63) is 12.2 Å². The topological polar surface area (TPSA) is 26.3 Å². The summed E-state index contributed by atoms with van der Waals surface area (Å²) in [6, 6.07) is 0. The van der Waals surface area contributed by atoms with E-state index in [1.54, 1.807) is 6.92 Å². The summed E-state index contributed by atoms with van der Waals surface area (Å²) in [6.07, 6.45) is 7.80. The molecule has 2 heteroatoms. The Morgan fingerprint density at radius 2 is 1.90 bits per heavy atom. The minimum atomic E-state index is -0.167. The number of esters is 1. The Labute approximate surface area is 122 Å². The third-order valence-electron chi connectivity index (χ3n) is 7.14. The van der Waals surface area contributed by atoms with Gasteiger partial charge in [-0.3, -0.25) is 0 Å². The zero-order chi connectivity index (χ0) is 14.1. The highest BCUT2D eigenvalue weighted by molar-refractivity contribution is 5.87. The van der Waals surface area contributed by atoms with Gasteiger partial charge < -0.3 is 4.74 Å². The Balaban J connectivity index is 1.62. The lowest BCUT2D eigenvalue weighted by molar-refractivity contribution is -0.167. The molecule has 0 N–H and O–H groups in total. The SMILES string of the molecule is C=C(C)C(=O)O[C@@]1(CC)C[C@@H]2C[C@H]1C1[C@@H]3CC[C@@H](C3)[C@H]12. The zero-order valence-electron chi connectivity index (χ0n) is 12.7. The van der Waals surface area contributed by atoms with Crippen LogP contribution in [0.25, 0.3) is 0 Å². The predicted octanol–water partition coefficient (Wildman–Crippen LogP) is 3.96. The molecule has 20 heavy (non-hydrogen) atoms. The molecule has 4 fully saturated rings. The molecule has 0 aromatic rings. The van der Waals surface area contributed by atoms with Crippen molar-refractivity contribution in [3.63, 3.8) is 0 Å². The predicted molar refractivity (Wildman–Crippen MR) is 78.0 cm³/mol. The van der Waals surface area contributed by atoms with Crippen LogP contribution in [-0.2, 0) is 9.53 Å². The lowest BCUT2D eigenvalue weighted by atomic mass is 9.65. The van der Waals surface area contributed by atoms with E-state index in [-0.39, 0.29) is 11.6 Å². The first-order valence-electron chi connectivity index (χ1n) is 8.44. The molecule has 0 aliphatic heterocycles. The summed E-state index contributed by atoms with van der Waals surface area (Å²) >= 11 is 0. The smallest absolute Gasteiger partial charge is 0.333 e. The summed E-state index contributed by atoms with van der Waals surface area (Å²) in [5.41, 5.74) is 0.386. The fraction of sp³-hybridized carbons (Fsp3) is 0.833. The minimum absolute atomic E-state index is 0.160. The Bertz CT molecular complexity index is 468. The number of hydrogen-bond acceptors (Lipinski definition) is 2. The van der Waals surface area contributed by atoms with Gasteiger partial charge in [-0.2, -0.15) is 0 Å². The number of ether oxygens (including phenoxy) is 1. The van der Waals surface area contributed by atoms with E-state index in [0.29, 0.717) is 11.5 Å². The highest BCUT2D eigenvalue weighted by Gasteiger charge is 2.67. The van der Waals surface area contributed by atoms with Gasteiger partial charge in [0.2, 0.25) is 0 Å². The van der Waals surface area contributed by atoms with E-state index in [4.69, 9.17) is 4.74 Å². The van der Waals surface area contributed by atoms with Crippen molar-refractivity contribution in [2.75, 3.05) is 0 Å². The summed E-state index contributed by atoms with van der Waals surface area (Å²) in [5, 5.41) is 0. The molecule has 4 saturated carbocycles. The summed E-state index contributed by atoms with van der Waals surface area (Å²) in [5.74, 6) is 5.09. The molecule has 0 heterocycles. The first kappa shape index (κ1) is 12.9. The van der Waals surface area contributed by atoms with Gasteiger partial charge in [-0.25, -0.2) is 4.79 Å². The zero-order valence-corrected chi connectivity index (χ0v) is 12.7. The van der Waals surface area contributed by atoms with Crippen LogP contribution in [0, 0.1) is 35.5 Å². The van der Waals surface area contributed by atoms with Gasteiger partial charge in [-0.1, -0.05) is 13.5 Å². The largest absolute Gasteiger partial charge is 0.455 e. The van der Waals surface area contributed by atoms with Gasteiger partial charge in [0.25, 0.3) is 0 Å². The van der Waals surface area contributed by atoms with Crippen molar-refractivity contribution in [1.82, 2.24) is 0 Å². The second-order valence-electron chi connectivity index (χ2n) is 7.88. The molecule has 7 atom stereocenters. The molecule has 0 amide bonds. The third kappa shape index (κ3) is 1.48. The lowest BCUT2D eigenvalue weighted by Crippen LogP contribution is -2.47. The molecule has 4 aliphatic rings. The maximum absolute atomic E-state index is 12.1. The van der Waals surface area contributed by atoms with E-state index < -0.39 is 0 Å². The Morgan fingerprint density at radius 1 is 1.20 bits per heavy atom. The highest BCUT2D eigenvalue weighted by Crippen LogP contribution is 2.70. The number of carbonyl (C=O) groups excluding carboxylic acids is 1. The van der Waals surface area contributed by atoms with Crippen molar-refractivity contribution in [2.24, 2.45) is 35.5 Å². The van der Waals surface area contributed by atoms with Gasteiger partial charge in [0.15, 0.2) is 0 Å². The van der Waals surface area contributed by atoms with Crippen LogP contribution in [0.4, 0.5) is 0 Å². The van der Waals surface area contributed by atoms with Crippen molar-refractivity contribution < 1.29 is 9.53 Å². The van der Waals surface area contributed by atoms with E-state index >= 15 is 0 Å². The maximum atomic E-state index is 12.1. The number of hydrogen-bond donors (Lipinski definition) is 0. The second kappa shape index (κ2) is 4.11. The van der Waals surface area contributed by atoms with Crippen LogP contribution in [0.2, 0.25) is 0 Å². The second-order valence-corrected chi connectivity index (χ2v) is 7.88. The molecule has 0 spiro atoms. The molecule has 4 bridgehead atoms. The van der Waals surface area contributed by atoms with Crippen LogP contribution in [-0.4, -0.2) is 11.6 Å². The summed E-state index contributed by atoms with van der Waals surface area (Å²) in [4.78, 5) is 12.1. The first-order chi connectivity index (χ1) is 9.55. The molecule has 4 aliphatic carbocycles. The van der Waals surface area contributed by atoms with Gasteiger partial charge in [-0.15, -0.1) is 0 Å². The molecule has 2 nitrogen and oxygen atoms in total. The lowest BCUT2D eigenvalue weighted by Gasteiger charge is -2.45. The van der Waals surface area contributed by atoms with Gasteiger partial charge in [0, 0.05) is 11.5 Å². The monoisotopic (exact) mass is 274 g/mol. The quantitative estimate of drug-likeness (QED) is 0.442. The van der Waals surface area contributed by atoms with Crippen LogP contribution in [0.3, 0.4) is 0 Å². The molecule has 0 aromatic carbocycles. The fourth-order valence-electron chi connectivity index (χ4n) is 6.56. The highest BCUT2D eigenvalue weighted by atomic mass is 16.6. The molecular weight excluding hydrogens is 248 g/mol. The van der Waals surface area contributed by atoms with E-state index in [1.165, 1.54) is 25.7 Å². The van der Waals surface area contributed by atoms with Crippen molar-refractivity contribution >= 4 is 5.97 Å². The number of fused-ring (bicyclic) bond motifs is 9. The molecule has 1 unspecified atom stereocenters. The first-order valence-corrected chi connectivity index (χ1v) is 8.44. The van der Waals surface area contributed by atoms with Crippen LogP contribution in [0.1, 0.15) is 52.4 Å². The standard InChI is InChI=1S/C18H26O2/c1-4-18(20-17(19)10(2)3)9-13-8-14(18)16-12-6-5-11(7-12)15(13)16/h11-16H,2,4-9H2,1,3H3/t11-,12+,13-,14-,15-,16?,18-/m0/s1. The molecule has 0 radical (unpaired) electrons. The number of carbonyl (C=O) groups is 1. The molecular formula is C18H26O2. The van der Waals surface area contributed by atoms with E-state index in [9.17, 15) is 4.79 Å². The van der Waals surface area contributed by atoms with Gasteiger partial charge in [0.05, 0.1) is 0 Å². The Hall–Kier alpha value is -0.790. The summed E-state index contributed by atoms with van der Waals surface area (Å²) in [7, 11) is 0. The average Bonchev–Trinajstić information content (AvgIpc) is 3.15. The van der Waals surface area contributed by atoms with Crippen LogP contribution < -0.4 is 0 Å². The van der Waals surface area contributed by atoms with Crippen LogP contribution in [0.15, 0.2) is 12.2 Å². The van der Waals surface area contributed by atoms with Gasteiger partial charge in [-0.05, 0) is 75.0 Å². The van der Waals surface area contributed by atoms with Gasteiger partial charge in [0.1, 0.15) is 5.60 Å². The minimum Gasteiger partial charge on any atom is -0.455 e. The van der Waals surface area contributed by atoms with Crippen LogP contribution in [0.5, 0.6) is 0 Å². The molecule has 0 aromatic heterocycles. The van der Waals surface area contributed by atoms with Crippen molar-refractivity contribution in [3.8, 4) is 0 Å². The molecule has 110 valence electrons. The van der Waals surface area contributed by atoms with Crippen LogP contribution >= 0.6 is 0 Å². The van der Waals surface area contributed by atoms with E-state index in [1.807, 2.05) is 0 Å². The third-order valence-corrected chi connectivity index (χ3v) is 7.14. The Morgan fingerprint density at radius 3 is 2.55 bits per heavy atom. The van der Waals surface area contributed by atoms with Gasteiger partial charge >= 0.3 is 5.97 Å². The van der Waals surface area contributed by atoms with Crippen molar-refractivity contribution in [2.45, 2.75) is 58.0 Å². The fourth-order valence-corrected chi connectivity index (χ4v) is 6.56. The normalized spacial score (nSPS) is 51.3. The summed E-state index contributed by atoms with van der Waals surface area (Å²) < 4.78 is 6.02. The summed E-state index contributed by atoms with van der Waals surface area (Å²) in [6.45, 7) is 7.72. The molecule has 4 rings (SSSR count). The Kier molecular flexibility index (Phi) is 2.66.